The van der Waals surface area contributed by atoms with Crippen LogP contribution in [0.2, 0.25) is 0 Å². The fourth-order valence-electron chi connectivity index (χ4n) is 4.81. The molecule has 1 aliphatic heterocycles. The second-order valence-corrected chi connectivity index (χ2v) is 9.39. The van der Waals surface area contributed by atoms with Gasteiger partial charge in [-0.15, -0.1) is 0 Å². The van der Waals surface area contributed by atoms with Crippen molar-refractivity contribution >= 4 is 22.6 Å². The summed E-state index contributed by atoms with van der Waals surface area (Å²) in [6, 6.07) is 4.48. The molecule has 28 heavy (non-hydrogen) atoms. The Bertz CT molecular complexity index is 886. The van der Waals surface area contributed by atoms with Crippen LogP contribution in [0.15, 0.2) is 18.3 Å². The van der Waals surface area contributed by atoms with E-state index in [1.807, 2.05) is 6.92 Å². The van der Waals surface area contributed by atoms with Crippen LogP contribution in [0.5, 0.6) is 0 Å². The number of carbonyl (C=O) groups is 1. The molecule has 0 atom stereocenters. The largest absolute Gasteiger partial charge is 0.462 e. The predicted octanol–water partition coefficient (Wildman–Crippen LogP) is 4.75. The molecule has 5 nitrogen and oxygen atoms in total. The van der Waals surface area contributed by atoms with Crippen LogP contribution >= 0.6 is 0 Å². The van der Waals surface area contributed by atoms with Gasteiger partial charge in [0.05, 0.1) is 17.8 Å². The van der Waals surface area contributed by atoms with Gasteiger partial charge in [0, 0.05) is 28.7 Å². The van der Waals surface area contributed by atoms with Gasteiger partial charge >= 0.3 is 5.97 Å². The molecule has 0 amide bonds. The molecule has 1 saturated heterocycles. The Morgan fingerprint density at radius 3 is 2.46 bits per heavy atom. The summed E-state index contributed by atoms with van der Waals surface area (Å²) in [5.41, 5.74) is 4.56. The monoisotopic (exact) mass is 383 g/mol. The number of rotatable bonds is 4. The summed E-state index contributed by atoms with van der Waals surface area (Å²) in [6.45, 7) is 15.2. The van der Waals surface area contributed by atoms with E-state index in [4.69, 9.17) is 4.74 Å². The number of hydrogen-bond acceptors (Lipinski definition) is 5. The van der Waals surface area contributed by atoms with Crippen LogP contribution in [0.1, 0.15) is 68.9 Å². The highest BCUT2D eigenvalue weighted by molar-refractivity contribution is 6.05. The van der Waals surface area contributed by atoms with E-state index in [0.29, 0.717) is 12.2 Å². The molecule has 0 aliphatic carbocycles. The Kier molecular flexibility index (Phi) is 5.41. The predicted molar refractivity (Wildman–Crippen MR) is 115 cm³/mol. The summed E-state index contributed by atoms with van der Waals surface area (Å²) in [4.78, 5) is 17.2. The fraction of sp³-hybridized carbons (Fsp3) is 0.565. The van der Waals surface area contributed by atoms with E-state index < -0.39 is 0 Å². The van der Waals surface area contributed by atoms with Crippen LogP contribution in [-0.4, -0.2) is 34.7 Å². The molecule has 2 heterocycles. The third kappa shape index (κ3) is 4.30. The van der Waals surface area contributed by atoms with Crippen LogP contribution < -0.4 is 10.6 Å². The topological polar surface area (TPSA) is 63.2 Å². The third-order valence-corrected chi connectivity index (χ3v) is 5.34. The van der Waals surface area contributed by atoms with Crippen molar-refractivity contribution in [1.82, 2.24) is 10.3 Å². The minimum Gasteiger partial charge on any atom is -0.462 e. The number of benzene rings is 1. The van der Waals surface area contributed by atoms with Gasteiger partial charge in [-0.25, -0.2) is 4.79 Å². The van der Waals surface area contributed by atoms with Crippen molar-refractivity contribution in [3.8, 4) is 0 Å². The van der Waals surface area contributed by atoms with Crippen molar-refractivity contribution in [3.05, 3.63) is 35.0 Å². The Labute approximate surface area is 168 Å². The van der Waals surface area contributed by atoms with Crippen molar-refractivity contribution in [3.63, 3.8) is 0 Å². The van der Waals surface area contributed by atoms with E-state index in [2.05, 4.69) is 69.3 Å². The molecule has 2 N–H and O–H groups in total. The van der Waals surface area contributed by atoms with Gasteiger partial charge in [-0.1, -0.05) is 11.6 Å². The highest BCUT2D eigenvalue weighted by Gasteiger charge is 2.38. The first-order valence-corrected chi connectivity index (χ1v) is 10.1. The molecule has 5 heteroatoms. The van der Waals surface area contributed by atoms with Crippen LogP contribution in [0.4, 0.5) is 5.69 Å². The molecule has 0 bridgehead atoms. The van der Waals surface area contributed by atoms with Crippen molar-refractivity contribution in [2.45, 2.75) is 78.4 Å². The summed E-state index contributed by atoms with van der Waals surface area (Å²) >= 11 is 0. The van der Waals surface area contributed by atoms with Crippen LogP contribution in [-0.2, 0) is 4.74 Å². The second-order valence-electron chi connectivity index (χ2n) is 9.39. The molecule has 1 aromatic heterocycles. The molecule has 0 radical (unpaired) electrons. The Morgan fingerprint density at radius 1 is 1.21 bits per heavy atom. The lowest BCUT2D eigenvalue weighted by Crippen LogP contribution is -2.60. The Balaban J connectivity index is 2.11. The van der Waals surface area contributed by atoms with E-state index in [9.17, 15) is 4.79 Å². The van der Waals surface area contributed by atoms with E-state index in [-0.39, 0.29) is 23.1 Å². The van der Waals surface area contributed by atoms with E-state index >= 15 is 0 Å². The third-order valence-electron chi connectivity index (χ3n) is 5.34. The van der Waals surface area contributed by atoms with Gasteiger partial charge in [-0.05, 0) is 72.9 Å². The molecule has 1 aliphatic rings. The molecule has 0 spiro atoms. The first-order valence-electron chi connectivity index (χ1n) is 10.1. The number of carbonyl (C=O) groups excluding carboxylic acids is 1. The van der Waals surface area contributed by atoms with Crippen molar-refractivity contribution in [1.29, 1.82) is 0 Å². The molecule has 152 valence electrons. The van der Waals surface area contributed by atoms with Gasteiger partial charge in [0.15, 0.2) is 0 Å². The van der Waals surface area contributed by atoms with Crippen LogP contribution in [0, 0.1) is 13.8 Å². The molecule has 0 saturated carbocycles. The minimum atomic E-state index is -0.328. The van der Waals surface area contributed by atoms with E-state index in [0.717, 1.165) is 40.6 Å². The zero-order valence-electron chi connectivity index (χ0n) is 18.2. The summed E-state index contributed by atoms with van der Waals surface area (Å²) < 4.78 is 5.32. The molecule has 0 unspecified atom stereocenters. The zero-order chi connectivity index (χ0) is 20.7. The first-order chi connectivity index (χ1) is 13.0. The maximum atomic E-state index is 12.7. The standard InChI is InChI=1S/C23H33N3O2/c1-8-28-21(27)18-13-24-19-15(3)9-14(2)10-17(19)20(18)25-16-11-22(4,5)26-23(6,7)12-16/h9-10,13,16,26H,8,11-12H2,1-7H3,(H,24,25). The summed E-state index contributed by atoms with van der Waals surface area (Å²) in [7, 11) is 0. The Morgan fingerprint density at radius 2 is 1.86 bits per heavy atom. The maximum Gasteiger partial charge on any atom is 0.341 e. The van der Waals surface area contributed by atoms with Gasteiger partial charge in [0.25, 0.3) is 0 Å². The number of aromatic nitrogens is 1. The number of piperidine rings is 1. The second kappa shape index (κ2) is 7.36. The number of fused-ring (bicyclic) bond motifs is 1. The number of nitrogens with one attached hydrogen (secondary N) is 2. The molecular weight excluding hydrogens is 350 g/mol. The van der Waals surface area contributed by atoms with E-state index in [1.54, 1.807) is 6.20 Å². The van der Waals surface area contributed by atoms with Gasteiger partial charge in [-0.2, -0.15) is 0 Å². The lowest BCUT2D eigenvalue weighted by molar-refractivity contribution is 0.0527. The zero-order valence-corrected chi connectivity index (χ0v) is 18.2. The van der Waals surface area contributed by atoms with Crippen molar-refractivity contribution in [2.75, 3.05) is 11.9 Å². The van der Waals surface area contributed by atoms with Crippen LogP contribution in [0.3, 0.4) is 0 Å². The number of hydrogen-bond donors (Lipinski definition) is 2. The lowest BCUT2D eigenvalue weighted by Gasteiger charge is -2.47. The molecule has 2 aromatic rings. The Hall–Kier alpha value is -2.14. The van der Waals surface area contributed by atoms with Crippen molar-refractivity contribution in [2.24, 2.45) is 0 Å². The number of aryl methyl sites for hydroxylation is 2. The normalized spacial score (nSPS) is 18.8. The summed E-state index contributed by atoms with van der Waals surface area (Å²) in [5, 5.41) is 8.42. The molecule has 1 aromatic carbocycles. The maximum absolute atomic E-state index is 12.7. The van der Waals surface area contributed by atoms with Crippen LogP contribution in [0.25, 0.3) is 10.9 Å². The molecule has 3 rings (SSSR count). The number of pyridine rings is 1. The van der Waals surface area contributed by atoms with Gasteiger partial charge < -0.3 is 15.4 Å². The average Bonchev–Trinajstić information content (AvgIpc) is 2.52. The van der Waals surface area contributed by atoms with Gasteiger partial charge in [0.2, 0.25) is 0 Å². The number of anilines is 1. The fourth-order valence-corrected chi connectivity index (χ4v) is 4.81. The minimum absolute atomic E-state index is 0.0121. The number of esters is 1. The van der Waals surface area contributed by atoms with E-state index in [1.165, 1.54) is 0 Å². The highest BCUT2D eigenvalue weighted by Crippen LogP contribution is 2.35. The summed E-state index contributed by atoms with van der Waals surface area (Å²) in [5.74, 6) is -0.328. The number of nitrogens with zero attached hydrogens (tertiary/aromatic N) is 1. The lowest BCUT2D eigenvalue weighted by atomic mass is 9.79. The van der Waals surface area contributed by atoms with Gasteiger partial charge in [0.1, 0.15) is 5.56 Å². The molecular formula is C23H33N3O2. The highest BCUT2D eigenvalue weighted by atomic mass is 16.5. The summed E-state index contributed by atoms with van der Waals surface area (Å²) in [6.07, 6.45) is 3.59. The van der Waals surface area contributed by atoms with Crippen molar-refractivity contribution < 1.29 is 9.53 Å². The quantitative estimate of drug-likeness (QED) is 0.746. The number of ether oxygens (including phenoxy) is 1. The first kappa shape index (κ1) is 20.6. The SMILES string of the molecule is CCOC(=O)c1cnc2c(C)cc(C)cc2c1NC1CC(C)(C)NC(C)(C)C1. The van der Waals surface area contributed by atoms with Gasteiger partial charge in [-0.3, -0.25) is 4.98 Å². The average molecular weight is 384 g/mol. The smallest absolute Gasteiger partial charge is 0.341 e. The molecule has 1 fully saturated rings.